The Kier molecular flexibility index (Phi) is 5.87. The standard InChI is InChI=1S/C18H17BrO5/c1-22-12-5-6-13(17(9-12)23-2)15(20)7-4-11-8-18(24-3)16(21)10-14(11)19/h4-10,21H,1-3H3/b7-4+. The monoisotopic (exact) mass is 392 g/mol. The van der Waals surface area contributed by atoms with Gasteiger partial charge in [-0.05, 0) is 42.0 Å². The lowest BCUT2D eigenvalue weighted by atomic mass is 10.1. The van der Waals surface area contributed by atoms with Gasteiger partial charge in [-0.15, -0.1) is 0 Å². The number of carbonyl (C=O) groups is 1. The minimum atomic E-state index is -0.214. The quantitative estimate of drug-likeness (QED) is 0.592. The lowest BCUT2D eigenvalue weighted by Gasteiger charge is -2.08. The van der Waals surface area contributed by atoms with Crippen LogP contribution in [0.25, 0.3) is 6.08 Å². The molecule has 0 aliphatic heterocycles. The summed E-state index contributed by atoms with van der Waals surface area (Å²) in [4.78, 5) is 12.4. The molecule has 0 atom stereocenters. The average Bonchev–Trinajstić information content (AvgIpc) is 2.60. The molecule has 6 heteroatoms. The molecule has 0 aliphatic carbocycles. The Balaban J connectivity index is 2.31. The fourth-order valence-electron chi connectivity index (χ4n) is 2.11. The van der Waals surface area contributed by atoms with Crippen LogP contribution in [0.4, 0.5) is 0 Å². The molecule has 0 radical (unpaired) electrons. The number of phenols is 1. The number of halogens is 1. The molecular weight excluding hydrogens is 376 g/mol. The third-order valence-electron chi connectivity index (χ3n) is 3.39. The molecule has 0 unspecified atom stereocenters. The second kappa shape index (κ2) is 7.88. The van der Waals surface area contributed by atoms with Gasteiger partial charge in [-0.3, -0.25) is 4.79 Å². The summed E-state index contributed by atoms with van der Waals surface area (Å²) >= 11 is 3.34. The van der Waals surface area contributed by atoms with Crippen molar-refractivity contribution in [2.75, 3.05) is 21.3 Å². The molecule has 0 amide bonds. The van der Waals surface area contributed by atoms with Crippen LogP contribution in [0.1, 0.15) is 15.9 Å². The summed E-state index contributed by atoms with van der Waals surface area (Å²) in [7, 11) is 4.51. The number of aromatic hydroxyl groups is 1. The topological polar surface area (TPSA) is 65.0 Å². The van der Waals surface area contributed by atoms with E-state index < -0.39 is 0 Å². The smallest absolute Gasteiger partial charge is 0.189 e. The van der Waals surface area contributed by atoms with E-state index in [1.807, 2.05) is 0 Å². The number of phenolic OH excluding ortho intramolecular Hbond substituents is 1. The van der Waals surface area contributed by atoms with E-state index in [1.54, 1.807) is 37.5 Å². The van der Waals surface area contributed by atoms with E-state index in [1.165, 1.54) is 26.4 Å². The molecule has 0 aliphatic rings. The van der Waals surface area contributed by atoms with Crippen molar-refractivity contribution in [1.29, 1.82) is 0 Å². The lowest BCUT2D eigenvalue weighted by molar-refractivity contribution is 0.104. The molecule has 1 N–H and O–H groups in total. The van der Waals surface area contributed by atoms with Crippen LogP contribution < -0.4 is 14.2 Å². The maximum absolute atomic E-state index is 12.4. The zero-order chi connectivity index (χ0) is 17.7. The van der Waals surface area contributed by atoms with Crippen molar-refractivity contribution >= 4 is 27.8 Å². The zero-order valence-electron chi connectivity index (χ0n) is 13.5. The van der Waals surface area contributed by atoms with Gasteiger partial charge in [0, 0.05) is 10.5 Å². The van der Waals surface area contributed by atoms with Crippen molar-refractivity contribution in [1.82, 2.24) is 0 Å². The van der Waals surface area contributed by atoms with Crippen molar-refractivity contribution < 1.29 is 24.1 Å². The van der Waals surface area contributed by atoms with E-state index in [0.29, 0.717) is 32.8 Å². The number of allylic oxidation sites excluding steroid dienone is 1. The number of methoxy groups -OCH3 is 3. The number of ether oxygens (including phenoxy) is 3. The van der Waals surface area contributed by atoms with Crippen molar-refractivity contribution in [2.45, 2.75) is 0 Å². The molecule has 0 bridgehead atoms. The molecule has 0 spiro atoms. The summed E-state index contributed by atoms with van der Waals surface area (Å²) in [6.07, 6.45) is 3.07. The highest BCUT2D eigenvalue weighted by atomic mass is 79.9. The van der Waals surface area contributed by atoms with Crippen molar-refractivity contribution in [3.05, 3.63) is 52.0 Å². The van der Waals surface area contributed by atoms with E-state index >= 15 is 0 Å². The summed E-state index contributed by atoms with van der Waals surface area (Å²) in [6.45, 7) is 0. The molecule has 2 rings (SSSR count). The van der Waals surface area contributed by atoms with E-state index in [4.69, 9.17) is 14.2 Å². The van der Waals surface area contributed by atoms with Gasteiger partial charge in [0.2, 0.25) is 0 Å². The highest BCUT2D eigenvalue weighted by Crippen LogP contribution is 2.33. The van der Waals surface area contributed by atoms with E-state index in [0.717, 1.165) is 0 Å². The first-order valence-electron chi connectivity index (χ1n) is 7.01. The molecule has 0 aromatic heterocycles. The number of ketones is 1. The molecular formula is C18H17BrO5. The average molecular weight is 393 g/mol. The van der Waals surface area contributed by atoms with Crippen LogP contribution in [0.3, 0.4) is 0 Å². The predicted molar refractivity (Wildman–Crippen MR) is 95.3 cm³/mol. The molecule has 0 saturated heterocycles. The van der Waals surface area contributed by atoms with Crippen LogP contribution >= 0.6 is 15.9 Å². The third-order valence-corrected chi connectivity index (χ3v) is 4.07. The second-order valence-electron chi connectivity index (χ2n) is 4.81. The van der Waals surface area contributed by atoms with E-state index in [2.05, 4.69) is 15.9 Å². The third kappa shape index (κ3) is 3.89. The molecule has 0 saturated carbocycles. The van der Waals surface area contributed by atoms with Gasteiger partial charge < -0.3 is 19.3 Å². The molecule has 126 valence electrons. The Morgan fingerprint density at radius 2 is 1.75 bits per heavy atom. The summed E-state index contributed by atoms with van der Waals surface area (Å²) in [5.41, 5.74) is 1.13. The molecule has 2 aromatic rings. The van der Waals surface area contributed by atoms with Crippen LogP contribution in [0.5, 0.6) is 23.0 Å². The number of benzene rings is 2. The molecule has 0 fully saturated rings. The molecule has 0 heterocycles. The Hall–Kier alpha value is -2.47. The van der Waals surface area contributed by atoms with Crippen LogP contribution in [0.2, 0.25) is 0 Å². The molecule has 24 heavy (non-hydrogen) atoms. The Morgan fingerprint density at radius 1 is 1.04 bits per heavy atom. The molecule has 5 nitrogen and oxygen atoms in total. The summed E-state index contributed by atoms with van der Waals surface area (Å²) in [5.74, 6) is 1.18. The normalized spacial score (nSPS) is 10.7. The van der Waals surface area contributed by atoms with Gasteiger partial charge in [-0.1, -0.05) is 15.9 Å². The number of hydrogen-bond acceptors (Lipinski definition) is 5. The minimum Gasteiger partial charge on any atom is -0.504 e. The predicted octanol–water partition coefficient (Wildman–Crippen LogP) is 4.08. The van der Waals surface area contributed by atoms with Crippen molar-refractivity contribution in [2.24, 2.45) is 0 Å². The lowest BCUT2D eigenvalue weighted by Crippen LogP contribution is -1.99. The minimum absolute atomic E-state index is 0.0182. The van der Waals surface area contributed by atoms with Crippen LogP contribution in [-0.4, -0.2) is 32.2 Å². The fraction of sp³-hybridized carbons (Fsp3) is 0.167. The molecule has 2 aromatic carbocycles. The highest BCUT2D eigenvalue weighted by Gasteiger charge is 2.12. The zero-order valence-corrected chi connectivity index (χ0v) is 15.1. The van der Waals surface area contributed by atoms with E-state index in [9.17, 15) is 9.90 Å². The van der Waals surface area contributed by atoms with Gasteiger partial charge >= 0.3 is 0 Å². The van der Waals surface area contributed by atoms with Gasteiger partial charge in [0.1, 0.15) is 11.5 Å². The van der Waals surface area contributed by atoms with Gasteiger partial charge in [-0.25, -0.2) is 0 Å². The Bertz CT molecular complexity index is 783. The van der Waals surface area contributed by atoms with Gasteiger partial charge in [0.25, 0.3) is 0 Å². The second-order valence-corrected chi connectivity index (χ2v) is 5.66. The van der Waals surface area contributed by atoms with Crippen LogP contribution in [0.15, 0.2) is 40.9 Å². The van der Waals surface area contributed by atoms with E-state index in [-0.39, 0.29) is 11.5 Å². The first-order valence-corrected chi connectivity index (χ1v) is 7.80. The number of carbonyl (C=O) groups excluding carboxylic acids is 1. The van der Waals surface area contributed by atoms with Gasteiger partial charge in [-0.2, -0.15) is 0 Å². The maximum Gasteiger partial charge on any atom is 0.189 e. The van der Waals surface area contributed by atoms with Crippen LogP contribution in [-0.2, 0) is 0 Å². The first kappa shape index (κ1) is 17.9. The largest absolute Gasteiger partial charge is 0.504 e. The highest BCUT2D eigenvalue weighted by molar-refractivity contribution is 9.10. The Morgan fingerprint density at radius 3 is 2.38 bits per heavy atom. The van der Waals surface area contributed by atoms with Gasteiger partial charge in [0.05, 0.1) is 26.9 Å². The van der Waals surface area contributed by atoms with Crippen LogP contribution in [0, 0.1) is 0 Å². The SMILES string of the molecule is COc1ccc(C(=O)/C=C/c2cc(OC)c(O)cc2Br)c(OC)c1. The summed E-state index contributed by atoms with van der Waals surface area (Å²) in [6, 6.07) is 8.14. The van der Waals surface area contributed by atoms with Crippen molar-refractivity contribution in [3.8, 4) is 23.0 Å². The fourth-order valence-corrected chi connectivity index (χ4v) is 2.57. The summed E-state index contributed by atoms with van der Waals surface area (Å²) in [5, 5.41) is 9.71. The van der Waals surface area contributed by atoms with Crippen molar-refractivity contribution in [3.63, 3.8) is 0 Å². The number of rotatable bonds is 6. The van der Waals surface area contributed by atoms with Gasteiger partial charge in [0.15, 0.2) is 17.3 Å². The first-order chi connectivity index (χ1) is 11.5. The summed E-state index contributed by atoms with van der Waals surface area (Å²) < 4.78 is 16.1. The number of hydrogen-bond donors (Lipinski definition) is 1. The maximum atomic E-state index is 12.4. The Labute approximate surface area is 148 Å².